The quantitative estimate of drug-likeness (QED) is 0.690. The highest BCUT2D eigenvalue weighted by Crippen LogP contribution is 2.26. The molecular weight excluding hydrogens is 337 g/mol. The summed E-state index contributed by atoms with van der Waals surface area (Å²) >= 11 is 12.0. The average Bonchev–Trinajstić information content (AvgIpc) is 3.12. The van der Waals surface area contributed by atoms with Gasteiger partial charge in [0.15, 0.2) is 0 Å². The predicted octanol–water partition coefficient (Wildman–Crippen LogP) is 3.35. The highest BCUT2D eigenvalue weighted by molar-refractivity contribution is 6.35. The Morgan fingerprint density at radius 3 is 2.78 bits per heavy atom. The first-order valence-electron chi connectivity index (χ1n) is 7.64. The predicted molar refractivity (Wildman–Crippen MR) is 91.6 cm³/mol. The lowest BCUT2D eigenvalue weighted by Crippen LogP contribution is -2.28. The molecular formula is C15H19Cl2N5O. The normalized spacial score (nSPS) is 20.8. The molecule has 23 heavy (non-hydrogen) atoms. The van der Waals surface area contributed by atoms with Crippen molar-refractivity contribution in [3.63, 3.8) is 0 Å². The van der Waals surface area contributed by atoms with Gasteiger partial charge in [0.1, 0.15) is 0 Å². The minimum absolute atomic E-state index is 0.409. The maximum absolute atomic E-state index is 5.99. The Kier molecular flexibility index (Phi) is 5.38. The zero-order valence-corrected chi connectivity index (χ0v) is 14.3. The number of halogens is 2. The first-order chi connectivity index (χ1) is 11.1. The zero-order valence-electron chi connectivity index (χ0n) is 12.8. The summed E-state index contributed by atoms with van der Waals surface area (Å²) in [5.74, 6) is 1.12. The highest BCUT2D eigenvalue weighted by Gasteiger charge is 2.21. The molecule has 2 atom stereocenters. The van der Waals surface area contributed by atoms with Crippen molar-refractivity contribution in [2.75, 3.05) is 18.4 Å². The van der Waals surface area contributed by atoms with Crippen molar-refractivity contribution in [2.45, 2.75) is 25.8 Å². The molecule has 6 nitrogen and oxygen atoms in total. The van der Waals surface area contributed by atoms with Gasteiger partial charge in [0, 0.05) is 34.7 Å². The van der Waals surface area contributed by atoms with E-state index in [0.717, 1.165) is 31.5 Å². The molecule has 124 valence electrons. The van der Waals surface area contributed by atoms with Gasteiger partial charge in [-0.1, -0.05) is 28.4 Å². The Labute approximate surface area is 144 Å². The first kappa shape index (κ1) is 16.5. The molecule has 0 bridgehead atoms. The fraction of sp³-hybridized carbons (Fsp3) is 0.467. The summed E-state index contributed by atoms with van der Waals surface area (Å²) < 4.78 is 5.21. The standard InChI is InChI=1S/C15H19Cl2N5O/c1-9-10(8-19-21-9)3-2-4-18-15-20-14(22-23-15)11-5-12(16)7-13(17)6-11/h5-7,9-10,19,21H,2-4,8H2,1H3,(H,18,20,22). The Balaban J connectivity index is 1.51. The number of rotatable bonds is 6. The van der Waals surface area contributed by atoms with Crippen LogP contribution in [0.2, 0.25) is 10.0 Å². The van der Waals surface area contributed by atoms with Crippen LogP contribution >= 0.6 is 23.2 Å². The third-order valence-corrected chi connectivity index (χ3v) is 4.41. The van der Waals surface area contributed by atoms with Crippen LogP contribution in [0.1, 0.15) is 19.8 Å². The van der Waals surface area contributed by atoms with Gasteiger partial charge in [0.25, 0.3) is 0 Å². The van der Waals surface area contributed by atoms with Crippen molar-refractivity contribution in [2.24, 2.45) is 5.92 Å². The smallest absolute Gasteiger partial charge is 0.321 e. The van der Waals surface area contributed by atoms with Gasteiger partial charge in [-0.3, -0.25) is 10.9 Å². The molecule has 1 aliphatic heterocycles. The fourth-order valence-electron chi connectivity index (χ4n) is 2.65. The summed E-state index contributed by atoms with van der Waals surface area (Å²) in [6.45, 7) is 4.00. The molecule has 1 saturated heterocycles. The van der Waals surface area contributed by atoms with Crippen molar-refractivity contribution in [1.29, 1.82) is 0 Å². The summed E-state index contributed by atoms with van der Waals surface area (Å²) in [7, 11) is 0. The second-order valence-electron chi connectivity index (χ2n) is 5.72. The zero-order chi connectivity index (χ0) is 16.2. The Morgan fingerprint density at radius 1 is 1.30 bits per heavy atom. The number of hydrogen-bond acceptors (Lipinski definition) is 6. The SMILES string of the molecule is CC1NNCC1CCCNc1nc(-c2cc(Cl)cc(Cl)c2)no1. The Bertz CT molecular complexity index is 643. The minimum atomic E-state index is 0.409. The van der Waals surface area contributed by atoms with Crippen molar-refractivity contribution < 1.29 is 4.52 Å². The van der Waals surface area contributed by atoms with E-state index in [-0.39, 0.29) is 0 Å². The number of nitrogens with one attached hydrogen (secondary N) is 3. The lowest BCUT2D eigenvalue weighted by atomic mass is 9.98. The van der Waals surface area contributed by atoms with Crippen LogP contribution in [0.25, 0.3) is 11.4 Å². The second-order valence-corrected chi connectivity index (χ2v) is 6.60. The maximum Gasteiger partial charge on any atom is 0.321 e. The summed E-state index contributed by atoms with van der Waals surface area (Å²) in [5.41, 5.74) is 7.14. The molecule has 2 unspecified atom stereocenters. The van der Waals surface area contributed by atoms with E-state index in [4.69, 9.17) is 27.7 Å². The van der Waals surface area contributed by atoms with Crippen LogP contribution in [0.5, 0.6) is 0 Å². The molecule has 0 amide bonds. The van der Waals surface area contributed by atoms with E-state index in [1.54, 1.807) is 18.2 Å². The van der Waals surface area contributed by atoms with Crippen LogP contribution in [-0.4, -0.2) is 29.3 Å². The van der Waals surface area contributed by atoms with Crippen molar-refractivity contribution >= 4 is 29.2 Å². The van der Waals surface area contributed by atoms with E-state index in [9.17, 15) is 0 Å². The lowest BCUT2D eigenvalue weighted by molar-refractivity contribution is 0.426. The maximum atomic E-state index is 5.99. The molecule has 0 saturated carbocycles. The van der Waals surface area contributed by atoms with Crippen LogP contribution in [-0.2, 0) is 0 Å². The van der Waals surface area contributed by atoms with E-state index in [1.165, 1.54) is 0 Å². The molecule has 1 aromatic heterocycles. The molecule has 3 rings (SSSR count). The van der Waals surface area contributed by atoms with Gasteiger partial charge in [0.2, 0.25) is 5.82 Å². The highest BCUT2D eigenvalue weighted by atomic mass is 35.5. The van der Waals surface area contributed by atoms with Crippen LogP contribution in [0, 0.1) is 5.92 Å². The van der Waals surface area contributed by atoms with E-state index < -0.39 is 0 Å². The lowest BCUT2D eigenvalue weighted by Gasteiger charge is -2.12. The topological polar surface area (TPSA) is 75.0 Å². The minimum Gasteiger partial charge on any atom is -0.338 e. The molecule has 1 fully saturated rings. The van der Waals surface area contributed by atoms with Gasteiger partial charge < -0.3 is 9.84 Å². The fourth-order valence-corrected chi connectivity index (χ4v) is 3.18. The molecule has 8 heteroatoms. The van der Waals surface area contributed by atoms with Crippen molar-refractivity contribution in [1.82, 2.24) is 21.0 Å². The van der Waals surface area contributed by atoms with Gasteiger partial charge in [0.05, 0.1) is 0 Å². The first-order valence-corrected chi connectivity index (χ1v) is 8.40. The number of hydrogen-bond donors (Lipinski definition) is 3. The molecule has 0 spiro atoms. The molecule has 1 aliphatic rings. The average molecular weight is 356 g/mol. The summed E-state index contributed by atoms with van der Waals surface area (Å²) in [5, 5.41) is 8.19. The van der Waals surface area contributed by atoms with E-state index in [0.29, 0.717) is 33.8 Å². The summed E-state index contributed by atoms with van der Waals surface area (Å²) in [6.07, 6.45) is 2.18. The molecule has 0 aliphatic carbocycles. The van der Waals surface area contributed by atoms with Crippen LogP contribution in [0.3, 0.4) is 0 Å². The number of anilines is 1. The molecule has 0 radical (unpaired) electrons. The van der Waals surface area contributed by atoms with Crippen LogP contribution < -0.4 is 16.2 Å². The third-order valence-electron chi connectivity index (χ3n) is 3.98. The molecule has 3 N–H and O–H groups in total. The molecule has 2 heterocycles. The third kappa shape index (κ3) is 4.35. The molecule has 2 aromatic rings. The van der Waals surface area contributed by atoms with Gasteiger partial charge in [-0.05, 0) is 43.9 Å². The van der Waals surface area contributed by atoms with E-state index in [2.05, 4.69) is 33.2 Å². The monoisotopic (exact) mass is 355 g/mol. The Hall–Kier alpha value is -1.34. The number of hydrazine groups is 1. The van der Waals surface area contributed by atoms with Gasteiger partial charge in [-0.25, -0.2) is 0 Å². The van der Waals surface area contributed by atoms with Crippen molar-refractivity contribution in [3.8, 4) is 11.4 Å². The van der Waals surface area contributed by atoms with Gasteiger partial charge >= 0.3 is 6.01 Å². The van der Waals surface area contributed by atoms with Crippen LogP contribution in [0.15, 0.2) is 22.7 Å². The second kappa shape index (κ2) is 7.49. The van der Waals surface area contributed by atoms with E-state index in [1.807, 2.05) is 0 Å². The number of benzene rings is 1. The van der Waals surface area contributed by atoms with Crippen molar-refractivity contribution in [3.05, 3.63) is 28.2 Å². The summed E-state index contributed by atoms with van der Waals surface area (Å²) in [6, 6.07) is 6.09. The van der Waals surface area contributed by atoms with E-state index >= 15 is 0 Å². The van der Waals surface area contributed by atoms with Gasteiger partial charge in [-0.2, -0.15) is 4.98 Å². The number of nitrogens with zero attached hydrogens (tertiary/aromatic N) is 2. The Morgan fingerprint density at radius 2 is 2.09 bits per heavy atom. The van der Waals surface area contributed by atoms with Gasteiger partial charge in [-0.15, -0.1) is 0 Å². The van der Waals surface area contributed by atoms with Crippen LogP contribution in [0.4, 0.5) is 6.01 Å². The molecule has 1 aromatic carbocycles. The summed E-state index contributed by atoms with van der Waals surface area (Å²) in [4.78, 5) is 4.32. The largest absolute Gasteiger partial charge is 0.338 e. The number of aromatic nitrogens is 2.